The number of para-hydroxylation sites is 1. The third-order valence-corrected chi connectivity index (χ3v) is 5.09. The Morgan fingerprint density at radius 3 is 2.69 bits per heavy atom. The molecule has 0 N–H and O–H groups in total. The summed E-state index contributed by atoms with van der Waals surface area (Å²) in [5, 5.41) is 0.189. The Bertz CT molecular complexity index is 1080. The number of benzene rings is 1. The van der Waals surface area contributed by atoms with Crippen molar-refractivity contribution in [1.82, 2.24) is 24.4 Å². The van der Waals surface area contributed by atoms with E-state index < -0.39 is 24.3 Å². The van der Waals surface area contributed by atoms with Gasteiger partial charge in [0.1, 0.15) is 12.4 Å². The Balaban J connectivity index is 1.77. The Kier molecular flexibility index (Phi) is 5.08. The largest absolute Gasteiger partial charge is 0.406 e. The summed E-state index contributed by atoms with van der Waals surface area (Å²) in [5.41, 5.74) is 1.27. The van der Waals surface area contributed by atoms with Gasteiger partial charge >= 0.3 is 6.18 Å². The lowest BCUT2D eigenvalue weighted by molar-refractivity contribution is -0.142. The van der Waals surface area contributed by atoms with Crippen molar-refractivity contribution in [1.29, 1.82) is 0 Å². The molecule has 1 atom stereocenters. The maximum atomic E-state index is 13.3. The third-order valence-electron chi connectivity index (χ3n) is 5.09. The molecule has 6 nitrogen and oxygen atoms in total. The monoisotopic (exact) mass is 403 g/mol. The Hall–Kier alpha value is -2.81. The van der Waals surface area contributed by atoms with Gasteiger partial charge in [-0.25, -0.2) is 4.98 Å². The molecule has 1 aromatic carbocycles. The van der Waals surface area contributed by atoms with Gasteiger partial charge in [-0.1, -0.05) is 12.1 Å². The van der Waals surface area contributed by atoms with E-state index in [0.29, 0.717) is 25.0 Å². The maximum absolute atomic E-state index is 13.3. The molecule has 1 aliphatic rings. The average molecular weight is 403 g/mol. The van der Waals surface area contributed by atoms with Crippen molar-refractivity contribution in [2.24, 2.45) is 0 Å². The van der Waals surface area contributed by atoms with Gasteiger partial charge in [0, 0.05) is 18.9 Å². The van der Waals surface area contributed by atoms with E-state index in [0.717, 1.165) is 22.4 Å². The van der Waals surface area contributed by atoms with Crippen LogP contribution in [-0.2, 0) is 13.1 Å². The first-order valence-corrected chi connectivity index (χ1v) is 9.39. The lowest BCUT2D eigenvalue weighted by Gasteiger charge is -2.26. The van der Waals surface area contributed by atoms with Gasteiger partial charge in [0.15, 0.2) is 0 Å². The van der Waals surface area contributed by atoms with Gasteiger partial charge in [0.05, 0.1) is 28.3 Å². The van der Waals surface area contributed by atoms with E-state index in [2.05, 4.69) is 15.0 Å². The number of hydrogen-bond donors (Lipinski definition) is 0. The van der Waals surface area contributed by atoms with Gasteiger partial charge in [-0.3, -0.25) is 24.2 Å². The maximum Gasteiger partial charge on any atom is 0.406 e. The minimum absolute atomic E-state index is 0.156. The van der Waals surface area contributed by atoms with E-state index in [-0.39, 0.29) is 11.2 Å². The molecular weight excluding hydrogens is 383 g/mol. The molecular formula is C20H20F3N5O. The zero-order valence-corrected chi connectivity index (χ0v) is 15.9. The average Bonchev–Trinajstić information content (AvgIpc) is 3.13. The highest BCUT2D eigenvalue weighted by Crippen LogP contribution is 2.33. The molecule has 0 bridgehead atoms. The molecule has 1 saturated heterocycles. The molecule has 3 heterocycles. The van der Waals surface area contributed by atoms with Crippen molar-refractivity contribution in [3.8, 4) is 0 Å². The van der Waals surface area contributed by atoms with Crippen LogP contribution in [0.3, 0.4) is 0 Å². The number of nitrogens with zero attached hydrogens (tertiary/aromatic N) is 5. The minimum atomic E-state index is -4.52. The van der Waals surface area contributed by atoms with Crippen molar-refractivity contribution >= 4 is 10.9 Å². The fraction of sp³-hybridized carbons (Fsp3) is 0.400. The number of aromatic nitrogens is 4. The summed E-state index contributed by atoms with van der Waals surface area (Å²) in [6.07, 6.45) is 0.241. The second-order valence-corrected chi connectivity index (χ2v) is 7.27. The predicted molar refractivity (Wildman–Crippen MR) is 101 cm³/mol. The quantitative estimate of drug-likeness (QED) is 0.668. The van der Waals surface area contributed by atoms with Crippen LogP contribution in [0.5, 0.6) is 0 Å². The van der Waals surface area contributed by atoms with Crippen LogP contribution >= 0.6 is 0 Å². The molecule has 29 heavy (non-hydrogen) atoms. The summed E-state index contributed by atoms with van der Waals surface area (Å²) in [6.45, 7) is 1.61. The first-order valence-electron chi connectivity index (χ1n) is 9.39. The van der Waals surface area contributed by atoms with Gasteiger partial charge in [-0.15, -0.1) is 0 Å². The standard InChI is InChI=1S/C20H20F3N5O/c1-13-9-25-14(10-24-13)11-27-8-4-7-17(27)18-26-16-6-3-2-5-15(16)19(29)28(18)12-20(21,22)23/h2-3,5-6,9-10,17H,4,7-8,11-12H2,1H3. The van der Waals surface area contributed by atoms with Crippen LogP contribution in [0.4, 0.5) is 13.2 Å². The number of halogens is 3. The molecule has 9 heteroatoms. The van der Waals surface area contributed by atoms with Crippen molar-refractivity contribution in [3.05, 3.63) is 64.2 Å². The fourth-order valence-electron chi connectivity index (χ4n) is 3.79. The van der Waals surface area contributed by atoms with E-state index >= 15 is 0 Å². The Labute approximate surface area is 165 Å². The molecule has 0 spiro atoms. The highest BCUT2D eigenvalue weighted by atomic mass is 19.4. The lowest BCUT2D eigenvalue weighted by Crippen LogP contribution is -2.35. The van der Waals surface area contributed by atoms with Gasteiger partial charge in [-0.2, -0.15) is 13.2 Å². The summed E-state index contributed by atoms with van der Waals surface area (Å²) in [6, 6.07) is 6.12. The van der Waals surface area contributed by atoms with E-state index in [9.17, 15) is 18.0 Å². The predicted octanol–water partition coefficient (Wildman–Crippen LogP) is 3.39. The second-order valence-electron chi connectivity index (χ2n) is 7.27. The smallest absolute Gasteiger partial charge is 0.287 e. The molecule has 2 aromatic heterocycles. The van der Waals surface area contributed by atoms with E-state index in [1.165, 1.54) is 6.07 Å². The second kappa shape index (κ2) is 7.55. The van der Waals surface area contributed by atoms with Crippen LogP contribution in [0.2, 0.25) is 0 Å². The van der Waals surface area contributed by atoms with Crippen LogP contribution in [0.1, 0.15) is 36.1 Å². The molecule has 1 unspecified atom stereocenters. The topological polar surface area (TPSA) is 63.9 Å². The van der Waals surface area contributed by atoms with Crippen molar-refractivity contribution in [2.75, 3.05) is 6.54 Å². The molecule has 0 radical (unpaired) electrons. The van der Waals surface area contributed by atoms with Crippen molar-refractivity contribution < 1.29 is 13.2 Å². The first-order chi connectivity index (χ1) is 13.8. The van der Waals surface area contributed by atoms with Gasteiger partial charge < -0.3 is 0 Å². The van der Waals surface area contributed by atoms with Crippen LogP contribution in [-0.4, -0.2) is 37.1 Å². The summed E-state index contributed by atoms with van der Waals surface area (Å²) in [5.74, 6) is 0.156. The normalized spacial score (nSPS) is 17.9. The van der Waals surface area contributed by atoms with Gasteiger partial charge in [-0.05, 0) is 38.4 Å². The van der Waals surface area contributed by atoms with Crippen molar-refractivity contribution in [2.45, 2.75) is 45.1 Å². The summed E-state index contributed by atoms with van der Waals surface area (Å²) >= 11 is 0. The number of likely N-dealkylation sites (tertiary alicyclic amines) is 1. The SMILES string of the molecule is Cc1cnc(CN2CCCC2c2nc3ccccc3c(=O)n2CC(F)(F)F)cn1. The highest BCUT2D eigenvalue weighted by Gasteiger charge is 2.35. The summed E-state index contributed by atoms with van der Waals surface area (Å²) in [7, 11) is 0. The minimum Gasteiger partial charge on any atom is -0.287 e. The van der Waals surface area contributed by atoms with Gasteiger partial charge in [0.25, 0.3) is 5.56 Å². The van der Waals surface area contributed by atoms with Crippen LogP contribution in [0.15, 0.2) is 41.5 Å². The molecule has 0 saturated carbocycles. The fourth-order valence-corrected chi connectivity index (χ4v) is 3.79. The lowest BCUT2D eigenvalue weighted by atomic mass is 10.1. The van der Waals surface area contributed by atoms with Crippen LogP contribution in [0.25, 0.3) is 10.9 Å². The molecule has 0 aliphatic carbocycles. The zero-order valence-electron chi connectivity index (χ0n) is 15.9. The summed E-state index contributed by atoms with van der Waals surface area (Å²) in [4.78, 5) is 28.0. The van der Waals surface area contributed by atoms with E-state index in [1.807, 2.05) is 11.8 Å². The molecule has 4 rings (SSSR count). The Morgan fingerprint density at radius 1 is 1.17 bits per heavy atom. The van der Waals surface area contributed by atoms with E-state index in [4.69, 9.17) is 0 Å². The van der Waals surface area contributed by atoms with Crippen molar-refractivity contribution in [3.63, 3.8) is 0 Å². The Morgan fingerprint density at radius 2 is 1.97 bits per heavy atom. The molecule has 1 fully saturated rings. The van der Waals surface area contributed by atoms with Gasteiger partial charge in [0.2, 0.25) is 0 Å². The number of alkyl halides is 3. The number of hydrogen-bond acceptors (Lipinski definition) is 5. The van der Waals surface area contributed by atoms with Crippen LogP contribution < -0.4 is 5.56 Å². The molecule has 3 aromatic rings. The number of aryl methyl sites for hydroxylation is 1. The summed E-state index contributed by atoms with van der Waals surface area (Å²) < 4.78 is 40.5. The highest BCUT2D eigenvalue weighted by molar-refractivity contribution is 5.77. The number of fused-ring (bicyclic) bond motifs is 1. The van der Waals surface area contributed by atoms with Crippen LogP contribution in [0, 0.1) is 6.92 Å². The molecule has 152 valence electrons. The third kappa shape index (κ3) is 4.14. The first kappa shape index (κ1) is 19.5. The molecule has 1 aliphatic heterocycles. The van der Waals surface area contributed by atoms with E-state index in [1.54, 1.807) is 30.6 Å². The zero-order chi connectivity index (χ0) is 20.6. The molecule has 0 amide bonds. The number of rotatable bonds is 4.